The maximum Gasteiger partial charge on any atom is 0.311 e. The van der Waals surface area contributed by atoms with Crippen LogP contribution in [-0.4, -0.2) is 41.1 Å². The first-order chi connectivity index (χ1) is 10.8. The van der Waals surface area contributed by atoms with Crippen LogP contribution in [0.3, 0.4) is 0 Å². The molecule has 2 atom stereocenters. The van der Waals surface area contributed by atoms with Gasteiger partial charge in [-0.2, -0.15) is 0 Å². The van der Waals surface area contributed by atoms with Gasteiger partial charge in [-0.1, -0.05) is 29.8 Å². The predicted octanol–water partition coefficient (Wildman–Crippen LogP) is 3.18. The molecule has 1 aliphatic heterocycles. The maximum atomic E-state index is 12.5. The van der Waals surface area contributed by atoms with Crippen LogP contribution in [0.4, 0.5) is 0 Å². The summed E-state index contributed by atoms with van der Waals surface area (Å²) in [4.78, 5) is 25.8. The number of carboxylic acids is 1. The van der Waals surface area contributed by atoms with E-state index in [-0.39, 0.29) is 18.4 Å². The van der Waals surface area contributed by atoms with Crippen LogP contribution < -0.4 is 4.74 Å². The molecule has 126 valence electrons. The van der Waals surface area contributed by atoms with E-state index in [2.05, 4.69) is 15.9 Å². The number of likely N-dealkylation sites (tertiary alicyclic amines) is 1. The Morgan fingerprint density at radius 1 is 1.26 bits per heavy atom. The zero-order chi connectivity index (χ0) is 17.2. The molecular weight excluding hydrogens is 362 g/mol. The molecule has 1 amide bonds. The third kappa shape index (κ3) is 3.68. The van der Waals surface area contributed by atoms with E-state index in [1.807, 2.05) is 26.0 Å². The first kappa shape index (κ1) is 17.8. The van der Waals surface area contributed by atoms with E-state index in [9.17, 15) is 14.7 Å². The molecule has 2 rings (SSSR count). The monoisotopic (exact) mass is 383 g/mol. The Bertz CT molecular complexity index is 587. The van der Waals surface area contributed by atoms with Crippen molar-refractivity contribution in [2.75, 3.05) is 13.1 Å². The molecule has 6 heteroatoms. The highest BCUT2D eigenvalue weighted by Crippen LogP contribution is 2.38. The molecule has 1 aliphatic rings. The zero-order valence-corrected chi connectivity index (χ0v) is 15.2. The number of nitrogens with zero attached hydrogens (tertiary/aromatic N) is 1. The summed E-state index contributed by atoms with van der Waals surface area (Å²) < 4.78 is 6.61. The van der Waals surface area contributed by atoms with Crippen molar-refractivity contribution in [3.63, 3.8) is 0 Å². The van der Waals surface area contributed by atoms with E-state index in [0.717, 1.165) is 4.47 Å². The van der Waals surface area contributed by atoms with Crippen LogP contribution in [0.2, 0.25) is 0 Å². The molecule has 1 saturated heterocycles. The molecular formula is C17H22BrNO4. The molecule has 0 spiro atoms. The lowest BCUT2D eigenvalue weighted by Gasteiger charge is -2.29. The lowest BCUT2D eigenvalue weighted by atomic mass is 9.76. The topological polar surface area (TPSA) is 66.8 Å². The van der Waals surface area contributed by atoms with Gasteiger partial charge in [-0.3, -0.25) is 9.59 Å². The Labute approximate surface area is 144 Å². The van der Waals surface area contributed by atoms with Gasteiger partial charge in [0.15, 0.2) is 6.10 Å². The van der Waals surface area contributed by atoms with E-state index >= 15 is 0 Å². The van der Waals surface area contributed by atoms with Crippen molar-refractivity contribution >= 4 is 27.8 Å². The highest BCUT2D eigenvalue weighted by atomic mass is 79.9. The van der Waals surface area contributed by atoms with Crippen LogP contribution in [-0.2, 0) is 9.59 Å². The highest BCUT2D eigenvalue weighted by molar-refractivity contribution is 9.10. The van der Waals surface area contributed by atoms with Crippen molar-refractivity contribution in [2.24, 2.45) is 11.3 Å². The predicted molar refractivity (Wildman–Crippen MR) is 90.3 cm³/mol. The summed E-state index contributed by atoms with van der Waals surface area (Å²) in [5.74, 6) is -0.414. The minimum Gasteiger partial charge on any atom is -0.481 e. The summed E-state index contributed by atoms with van der Waals surface area (Å²) in [7, 11) is 0. The SMILES string of the molecule is CC(Oc1ccc(Br)cc1)C(=O)N1CCC(C(=O)O)(C(C)C)C1. The molecule has 1 aromatic carbocycles. The van der Waals surface area contributed by atoms with Gasteiger partial charge in [0.25, 0.3) is 5.91 Å². The second kappa shape index (κ2) is 6.91. The summed E-state index contributed by atoms with van der Waals surface area (Å²) in [5.41, 5.74) is -0.854. The molecule has 1 heterocycles. The van der Waals surface area contributed by atoms with E-state index < -0.39 is 17.5 Å². The Hall–Kier alpha value is -1.56. The van der Waals surface area contributed by atoms with Crippen LogP contribution >= 0.6 is 15.9 Å². The quantitative estimate of drug-likeness (QED) is 0.847. The van der Waals surface area contributed by atoms with Crippen molar-refractivity contribution in [2.45, 2.75) is 33.3 Å². The number of ether oxygens (including phenoxy) is 1. The Kier molecular flexibility index (Phi) is 5.34. The standard InChI is InChI=1S/C17H22BrNO4/c1-11(2)17(16(21)22)8-9-19(10-17)15(20)12(3)23-14-6-4-13(18)5-7-14/h4-7,11-12H,8-10H2,1-3H3,(H,21,22). The number of carbonyl (C=O) groups excluding carboxylic acids is 1. The van der Waals surface area contributed by atoms with Gasteiger partial charge >= 0.3 is 5.97 Å². The van der Waals surface area contributed by atoms with Gasteiger partial charge in [-0.15, -0.1) is 0 Å². The molecule has 0 bridgehead atoms. The van der Waals surface area contributed by atoms with Crippen LogP contribution in [0.1, 0.15) is 27.2 Å². The van der Waals surface area contributed by atoms with Gasteiger partial charge in [0.2, 0.25) is 0 Å². The summed E-state index contributed by atoms with van der Waals surface area (Å²) in [6.45, 7) is 6.18. The number of carboxylic acid groups (broad SMARTS) is 1. The van der Waals surface area contributed by atoms with Crippen LogP contribution in [0.25, 0.3) is 0 Å². The van der Waals surface area contributed by atoms with Crippen LogP contribution in [0, 0.1) is 11.3 Å². The minimum atomic E-state index is -0.854. The normalized spacial score (nSPS) is 22.2. The van der Waals surface area contributed by atoms with Gasteiger partial charge in [0.05, 0.1) is 5.41 Å². The fraction of sp³-hybridized carbons (Fsp3) is 0.529. The fourth-order valence-electron chi connectivity index (χ4n) is 2.94. The molecule has 2 unspecified atom stereocenters. The first-order valence-electron chi connectivity index (χ1n) is 7.70. The van der Waals surface area contributed by atoms with Crippen molar-refractivity contribution in [3.05, 3.63) is 28.7 Å². The molecule has 0 radical (unpaired) electrons. The van der Waals surface area contributed by atoms with E-state index in [4.69, 9.17) is 4.74 Å². The van der Waals surface area contributed by atoms with Crippen molar-refractivity contribution in [3.8, 4) is 5.75 Å². The summed E-state index contributed by atoms with van der Waals surface area (Å²) in [5, 5.41) is 9.56. The number of aliphatic carboxylic acids is 1. The van der Waals surface area contributed by atoms with Crippen LogP contribution in [0.15, 0.2) is 28.7 Å². The third-order valence-corrected chi connectivity index (χ3v) is 5.15. The number of amides is 1. The smallest absolute Gasteiger partial charge is 0.311 e. The number of halogens is 1. The lowest BCUT2D eigenvalue weighted by Crippen LogP contribution is -2.44. The van der Waals surface area contributed by atoms with Gasteiger partial charge in [-0.25, -0.2) is 0 Å². The zero-order valence-electron chi connectivity index (χ0n) is 13.6. The highest BCUT2D eigenvalue weighted by Gasteiger charge is 2.49. The fourth-order valence-corrected chi connectivity index (χ4v) is 3.20. The molecule has 0 aliphatic carbocycles. The molecule has 23 heavy (non-hydrogen) atoms. The Morgan fingerprint density at radius 3 is 2.35 bits per heavy atom. The summed E-state index contributed by atoms with van der Waals surface area (Å²) in [6.07, 6.45) is -0.163. The van der Waals surface area contributed by atoms with E-state index in [1.165, 1.54) is 0 Å². The second-order valence-electron chi connectivity index (χ2n) is 6.34. The average molecular weight is 384 g/mol. The first-order valence-corrected chi connectivity index (χ1v) is 8.50. The third-order valence-electron chi connectivity index (χ3n) is 4.62. The molecule has 1 aromatic rings. The maximum absolute atomic E-state index is 12.5. The molecule has 5 nitrogen and oxygen atoms in total. The van der Waals surface area contributed by atoms with Gasteiger partial charge in [0.1, 0.15) is 5.75 Å². The van der Waals surface area contributed by atoms with Crippen molar-refractivity contribution in [1.29, 1.82) is 0 Å². The summed E-state index contributed by atoms with van der Waals surface area (Å²) in [6, 6.07) is 7.26. The largest absolute Gasteiger partial charge is 0.481 e. The van der Waals surface area contributed by atoms with E-state index in [1.54, 1.807) is 24.0 Å². The van der Waals surface area contributed by atoms with Gasteiger partial charge in [-0.05, 0) is 43.5 Å². The number of benzene rings is 1. The van der Waals surface area contributed by atoms with Gasteiger partial charge in [0, 0.05) is 17.6 Å². The van der Waals surface area contributed by atoms with Crippen molar-refractivity contribution < 1.29 is 19.4 Å². The van der Waals surface area contributed by atoms with Gasteiger partial charge < -0.3 is 14.7 Å². The second-order valence-corrected chi connectivity index (χ2v) is 7.26. The number of carbonyl (C=O) groups is 2. The summed E-state index contributed by atoms with van der Waals surface area (Å²) >= 11 is 3.35. The number of hydrogen-bond donors (Lipinski definition) is 1. The number of rotatable bonds is 5. The minimum absolute atomic E-state index is 0.0273. The van der Waals surface area contributed by atoms with Crippen LogP contribution in [0.5, 0.6) is 5.75 Å². The number of hydrogen-bond acceptors (Lipinski definition) is 3. The molecule has 0 saturated carbocycles. The Balaban J connectivity index is 2.03. The molecule has 0 aromatic heterocycles. The molecule has 1 fully saturated rings. The molecule has 1 N–H and O–H groups in total. The van der Waals surface area contributed by atoms with Crippen molar-refractivity contribution in [1.82, 2.24) is 4.90 Å². The Morgan fingerprint density at radius 2 is 1.87 bits per heavy atom. The lowest BCUT2D eigenvalue weighted by molar-refractivity contribution is -0.151. The van der Waals surface area contributed by atoms with E-state index in [0.29, 0.717) is 18.7 Å². The average Bonchev–Trinajstić information content (AvgIpc) is 2.95.